The van der Waals surface area contributed by atoms with Gasteiger partial charge in [-0.05, 0) is 51.4 Å². The average molecular weight is 263 g/mol. The Morgan fingerprint density at radius 2 is 2.16 bits per heavy atom. The first kappa shape index (κ1) is 13.8. The highest BCUT2D eigenvalue weighted by Gasteiger charge is 2.16. The Balaban J connectivity index is 1.74. The molecule has 0 radical (unpaired) electrons. The monoisotopic (exact) mass is 263 g/mol. The van der Waals surface area contributed by atoms with E-state index in [9.17, 15) is 9.59 Å². The van der Waals surface area contributed by atoms with Crippen LogP contribution in [0.15, 0.2) is 23.0 Å². The number of H-pyrrole nitrogens is 1. The van der Waals surface area contributed by atoms with Crippen LogP contribution in [0.4, 0.5) is 0 Å². The van der Waals surface area contributed by atoms with Gasteiger partial charge in [-0.15, -0.1) is 0 Å². The topological polar surface area (TPSA) is 65.2 Å². The van der Waals surface area contributed by atoms with Crippen LogP contribution < -0.4 is 10.9 Å². The van der Waals surface area contributed by atoms with E-state index in [0.29, 0.717) is 18.2 Å². The Kier molecular flexibility index (Phi) is 4.74. The number of piperidine rings is 1. The fourth-order valence-corrected chi connectivity index (χ4v) is 2.42. The number of aromatic nitrogens is 1. The molecule has 1 fully saturated rings. The van der Waals surface area contributed by atoms with Crippen molar-refractivity contribution in [3.8, 4) is 0 Å². The zero-order valence-electron chi connectivity index (χ0n) is 11.3. The van der Waals surface area contributed by atoms with Crippen LogP contribution in [0.1, 0.15) is 29.8 Å². The summed E-state index contributed by atoms with van der Waals surface area (Å²) in [5.74, 6) is 0.497. The first-order chi connectivity index (χ1) is 9.15. The maximum atomic E-state index is 11.8. The number of carbonyl (C=O) groups excluding carboxylic acids is 1. The fraction of sp³-hybridized carbons (Fsp3) is 0.571. The summed E-state index contributed by atoms with van der Waals surface area (Å²) < 4.78 is 0. The second kappa shape index (κ2) is 6.52. The molecule has 2 heterocycles. The Morgan fingerprint density at radius 3 is 2.84 bits per heavy atom. The molecule has 0 unspecified atom stereocenters. The lowest BCUT2D eigenvalue weighted by Crippen LogP contribution is -2.33. The molecule has 1 amide bonds. The first-order valence-corrected chi connectivity index (χ1v) is 6.81. The molecule has 0 aromatic carbocycles. The molecule has 0 aliphatic carbocycles. The molecule has 1 aliphatic rings. The van der Waals surface area contributed by atoms with Crippen molar-refractivity contribution in [1.82, 2.24) is 15.2 Å². The van der Waals surface area contributed by atoms with Gasteiger partial charge in [0, 0.05) is 12.6 Å². The Hall–Kier alpha value is -1.62. The Bertz CT molecular complexity index is 476. The van der Waals surface area contributed by atoms with E-state index in [1.807, 2.05) is 0 Å². The van der Waals surface area contributed by atoms with Crippen molar-refractivity contribution in [2.24, 2.45) is 5.92 Å². The summed E-state index contributed by atoms with van der Waals surface area (Å²) in [6.45, 7) is 2.96. The van der Waals surface area contributed by atoms with E-state index in [1.54, 1.807) is 12.1 Å². The molecule has 0 bridgehead atoms. The number of nitrogens with one attached hydrogen (secondary N) is 2. The summed E-state index contributed by atoms with van der Waals surface area (Å²) in [6.07, 6.45) is 3.42. The first-order valence-electron chi connectivity index (χ1n) is 6.81. The van der Waals surface area contributed by atoms with Crippen molar-refractivity contribution in [3.05, 3.63) is 34.2 Å². The average Bonchev–Trinajstić information content (AvgIpc) is 2.41. The minimum atomic E-state index is -0.247. The molecule has 5 heteroatoms. The number of hydrogen-bond acceptors (Lipinski definition) is 3. The predicted molar refractivity (Wildman–Crippen MR) is 74.2 cm³/mol. The standard InChI is InChI=1S/C14H21N3O2/c1-17-9-6-11(7-10-17)5-8-15-14(19)12-3-2-4-13(18)16-12/h2-4,11H,5-10H2,1H3,(H,15,19)(H,16,18). The molecule has 0 saturated carbocycles. The molecular weight excluding hydrogens is 242 g/mol. The summed E-state index contributed by atoms with van der Waals surface area (Å²) in [6, 6.07) is 4.60. The molecule has 19 heavy (non-hydrogen) atoms. The van der Waals surface area contributed by atoms with Crippen molar-refractivity contribution in [2.75, 3.05) is 26.7 Å². The molecule has 104 valence electrons. The highest BCUT2D eigenvalue weighted by atomic mass is 16.2. The van der Waals surface area contributed by atoms with Crippen molar-refractivity contribution in [3.63, 3.8) is 0 Å². The lowest BCUT2D eigenvalue weighted by Gasteiger charge is -2.28. The van der Waals surface area contributed by atoms with Gasteiger partial charge < -0.3 is 15.2 Å². The van der Waals surface area contributed by atoms with Gasteiger partial charge in [-0.2, -0.15) is 0 Å². The van der Waals surface area contributed by atoms with Crippen LogP contribution in [0.25, 0.3) is 0 Å². The van der Waals surface area contributed by atoms with E-state index in [4.69, 9.17) is 0 Å². The molecule has 1 aliphatic heterocycles. The highest BCUT2D eigenvalue weighted by Crippen LogP contribution is 2.18. The van der Waals surface area contributed by atoms with Gasteiger partial charge in [0.2, 0.25) is 5.56 Å². The molecular formula is C14H21N3O2. The maximum absolute atomic E-state index is 11.8. The van der Waals surface area contributed by atoms with E-state index < -0.39 is 0 Å². The van der Waals surface area contributed by atoms with Crippen molar-refractivity contribution < 1.29 is 4.79 Å². The van der Waals surface area contributed by atoms with E-state index in [0.717, 1.165) is 19.5 Å². The molecule has 2 rings (SSSR count). The zero-order valence-corrected chi connectivity index (χ0v) is 11.3. The van der Waals surface area contributed by atoms with E-state index >= 15 is 0 Å². The SMILES string of the molecule is CN1CCC(CCNC(=O)c2cccc(=O)[nH]2)CC1. The van der Waals surface area contributed by atoms with Crippen molar-refractivity contribution in [2.45, 2.75) is 19.3 Å². The van der Waals surface area contributed by atoms with Crippen LogP contribution in [-0.2, 0) is 0 Å². The van der Waals surface area contributed by atoms with Crippen molar-refractivity contribution in [1.29, 1.82) is 0 Å². The summed E-state index contributed by atoms with van der Waals surface area (Å²) in [5.41, 5.74) is 0.0823. The number of nitrogens with zero attached hydrogens (tertiary/aromatic N) is 1. The maximum Gasteiger partial charge on any atom is 0.267 e. The molecule has 5 nitrogen and oxygen atoms in total. The van der Waals surface area contributed by atoms with Crippen LogP contribution in [0.5, 0.6) is 0 Å². The van der Waals surface area contributed by atoms with E-state index in [2.05, 4.69) is 22.2 Å². The smallest absolute Gasteiger partial charge is 0.267 e. The normalized spacial score (nSPS) is 17.3. The van der Waals surface area contributed by atoms with Gasteiger partial charge in [0.15, 0.2) is 0 Å². The lowest BCUT2D eigenvalue weighted by molar-refractivity contribution is 0.0943. The predicted octanol–water partition coefficient (Wildman–Crippen LogP) is 0.837. The van der Waals surface area contributed by atoms with Gasteiger partial charge >= 0.3 is 0 Å². The molecule has 1 aromatic heterocycles. The third kappa shape index (κ3) is 4.21. The summed E-state index contributed by atoms with van der Waals surface area (Å²) in [7, 11) is 2.14. The lowest BCUT2D eigenvalue weighted by atomic mass is 9.94. The molecule has 1 aromatic rings. The third-order valence-corrected chi connectivity index (χ3v) is 3.69. The summed E-state index contributed by atoms with van der Waals surface area (Å²) in [5, 5.41) is 2.86. The molecule has 1 saturated heterocycles. The number of likely N-dealkylation sites (tertiary alicyclic amines) is 1. The number of hydrogen-bond donors (Lipinski definition) is 2. The number of carbonyl (C=O) groups is 1. The third-order valence-electron chi connectivity index (χ3n) is 3.69. The summed E-state index contributed by atoms with van der Waals surface area (Å²) in [4.78, 5) is 27.8. The van der Waals surface area contributed by atoms with E-state index in [1.165, 1.54) is 18.9 Å². The van der Waals surface area contributed by atoms with Crippen LogP contribution in [-0.4, -0.2) is 42.5 Å². The molecule has 2 N–H and O–H groups in total. The van der Waals surface area contributed by atoms with Crippen molar-refractivity contribution >= 4 is 5.91 Å². The van der Waals surface area contributed by atoms with Gasteiger partial charge in [-0.3, -0.25) is 9.59 Å². The van der Waals surface area contributed by atoms with Gasteiger partial charge in [-0.1, -0.05) is 6.07 Å². The van der Waals surface area contributed by atoms with Crippen LogP contribution in [0.2, 0.25) is 0 Å². The van der Waals surface area contributed by atoms with Gasteiger partial charge in [-0.25, -0.2) is 0 Å². The molecule has 0 spiro atoms. The largest absolute Gasteiger partial charge is 0.351 e. The van der Waals surface area contributed by atoms with Gasteiger partial charge in [0.1, 0.15) is 5.69 Å². The van der Waals surface area contributed by atoms with Gasteiger partial charge in [0.25, 0.3) is 5.91 Å². The zero-order chi connectivity index (χ0) is 13.7. The second-order valence-corrected chi connectivity index (χ2v) is 5.22. The molecule has 0 atom stereocenters. The number of aromatic amines is 1. The quantitative estimate of drug-likeness (QED) is 0.846. The van der Waals surface area contributed by atoms with Crippen LogP contribution in [0.3, 0.4) is 0 Å². The number of pyridine rings is 1. The second-order valence-electron chi connectivity index (χ2n) is 5.22. The highest BCUT2D eigenvalue weighted by molar-refractivity contribution is 5.92. The summed E-state index contributed by atoms with van der Waals surface area (Å²) >= 11 is 0. The minimum absolute atomic E-state index is 0.203. The van der Waals surface area contributed by atoms with Gasteiger partial charge in [0.05, 0.1) is 0 Å². The fourth-order valence-electron chi connectivity index (χ4n) is 2.42. The Labute approximate surface area is 113 Å². The Morgan fingerprint density at radius 1 is 1.42 bits per heavy atom. The van der Waals surface area contributed by atoms with Crippen LogP contribution in [0, 0.1) is 5.92 Å². The van der Waals surface area contributed by atoms with E-state index in [-0.39, 0.29) is 11.5 Å². The van der Waals surface area contributed by atoms with Crippen LogP contribution >= 0.6 is 0 Å². The number of rotatable bonds is 4. The number of amides is 1. The minimum Gasteiger partial charge on any atom is -0.351 e.